The molecule has 0 aliphatic carbocycles. The fourth-order valence-electron chi connectivity index (χ4n) is 3.80. The molecule has 0 N–H and O–H groups in total. The fraction of sp³-hybridized carbons (Fsp3) is 0.773. The molecule has 4 nitrogen and oxygen atoms in total. The zero-order chi connectivity index (χ0) is 20.8. The van der Waals surface area contributed by atoms with Crippen molar-refractivity contribution in [2.24, 2.45) is 5.92 Å². The van der Waals surface area contributed by atoms with Gasteiger partial charge in [-0.2, -0.15) is 0 Å². The molecule has 1 fully saturated rings. The molecular formula is C22H39FN2O2. The first-order valence-corrected chi connectivity index (χ1v) is 10.1. The Bertz CT molecular complexity index is 541. The molecule has 0 saturated carbocycles. The summed E-state index contributed by atoms with van der Waals surface area (Å²) in [5.41, 5.74) is 0.529. The fourth-order valence-corrected chi connectivity index (χ4v) is 3.80. The van der Waals surface area contributed by atoms with Crippen LogP contribution in [0.3, 0.4) is 0 Å². The number of amides is 1. The maximum atomic E-state index is 13.0. The number of carbonyl (C=O) groups is 1. The lowest BCUT2D eigenvalue weighted by atomic mass is 9.88. The van der Waals surface area contributed by atoms with Crippen LogP contribution in [0.25, 0.3) is 0 Å². The van der Waals surface area contributed by atoms with Crippen LogP contribution in [0.4, 0.5) is 9.18 Å². The Kier molecular flexibility index (Phi) is 8.52. The van der Waals surface area contributed by atoms with Gasteiger partial charge in [0.2, 0.25) is 0 Å². The second kappa shape index (κ2) is 9.72. The van der Waals surface area contributed by atoms with Crippen molar-refractivity contribution >= 4 is 6.09 Å². The summed E-state index contributed by atoms with van der Waals surface area (Å²) in [6.45, 7) is 20.8. The van der Waals surface area contributed by atoms with Crippen molar-refractivity contribution < 1.29 is 13.9 Å². The summed E-state index contributed by atoms with van der Waals surface area (Å²) in [6.07, 6.45) is 4.23. The average molecular weight is 383 g/mol. The van der Waals surface area contributed by atoms with E-state index in [9.17, 15) is 9.18 Å². The van der Waals surface area contributed by atoms with Crippen LogP contribution in [0.5, 0.6) is 0 Å². The minimum Gasteiger partial charge on any atom is -0.444 e. The molecular weight excluding hydrogens is 343 g/mol. The number of likely N-dealkylation sites (tertiary alicyclic amines) is 1. The first-order chi connectivity index (χ1) is 12.3. The number of halogens is 1. The minimum atomic E-state index is -0.464. The largest absolute Gasteiger partial charge is 0.444 e. The molecule has 1 aliphatic heterocycles. The number of ether oxygens (including phenoxy) is 1. The van der Waals surface area contributed by atoms with E-state index in [2.05, 4.69) is 25.3 Å². The number of carbonyl (C=O) groups excluding carboxylic acids is 1. The van der Waals surface area contributed by atoms with Gasteiger partial charge in [0.15, 0.2) is 0 Å². The van der Waals surface area contributed by atoms with Crippen molar-refractivity contribution in [3.8, 4) is 0 Å². The van der Waals surface area contributed by atoms with Crippen LogP contribution >= 0.6 is 0 Å². The second-order valence-electron chi connectivity index (χ2n) is 9.38. The lowest BCUT2D eigenvalue weighted by Crippen LogP contribution is -2.50. The lowest BCUT2D eigenvalue weighted by molar-refractivity contribution is 0.0168. The molecule has 1 saturated heterocycles. The van der Waals surface area contributed by atoms with E-state index in [1.807, 2.05) is 39.5 Å². The van der Waals surface area contributed by atoms with Gasteiger partial charge in [-0.1, -0.05) is 12.2 Å². The normalized spacial score (nSPS) is 17.7. The summed E-state index contributed by atoms with van der Waals surface area (Å²) in [5.74, 6) is 0.107. The Hall–Kier alpha value is -1.36. The van der Waals surface area contributed by atoms with Gasteiger partial charge < -0.3 is 9.64 Å². The van der Waals surface area contributed by atoms with Crippen LogP contribution in [0, 0.1) is 5.92 Å². The molecule has 0 bridgehead atoms. The van der Waals surface area contributed by atoms with Crippen molar-refractivity contribution in [2.45, 2.75) is 78.9 Å². The van der Waals surface area contributed by atoms with Gasteiger partial charge >= 0.3 is 6.09 Å². The minimum absolute atomic E-state index is 0.0172. The van der Waals surface area contributed by atoms with E-state index in [0.717, 1.165) is 44.5 Å². The number of allylic oxidation sites excluding steroid dienone is 2. The second-order valence-corrected chi connectivity index (χ2v) is 9.38. The predicted molar refractivity (Wildman–Crippen MR) is 110 cm³/mol. The summed E-state index contributed by atoms with van der Waals surface area (Å²) in [4.78, 5) is 16.6. The maximum Gasteiger partial charge on any atom is 0.410 e. The quantitative estimate of drug-likeness (QED) is 0.541. The van der Waals surface area contributed by atoms with Crippen LogP contribution in [0.15, 0.2) is 24.1 Å². The van der Waals surface area contributed by atoms with Gasteiger partial charge in [-0.05, 0) is 92.8 Å². The third-order valence-electron chi connectivity index (χ3n) is 5.10. The zero-order valence-electron chi connectivity index (χ0n) is 18.4. The number of hydrogen-bond acceptors (Lipinski definition) is 3. The highest BCUT2D eigenvalue weighted by atomic mass is 19.1. The van der Waals surface area contributed by atoms with Gasteiger partial charge in [-0.25, -0.2) is 9.18 Å². The smallest absolute Gasteiger partial charge is 0.410 e. The maximum absolute atomic E-state index is 13.0. The highest BCUT2D eigenvalue weighted by Crippen LogP contribution is 2.29. The van der Waals surface area contributed by atoms with E-state index in [1.54, 1.807) is 0 Å². The van der Waals surface area contributed by atoms with E-state index < -0.39 is 5.60 Å². The van der Waals surface area contributed by atoms with Gasteiger partial charge in [0, 0.05) is 18.6 Å². The topological polar surface area (TPSA) is 32.8 Å². The van der Waals surface area contributed by atoms with Gasteiger partial charge in [0.25, 0.3) is 0 Å². The van der Waals surface area contributed by atoms with E-state index in [4.69, 9.17) is 4.74 Å². The molecule has 1 heterocycles. The van der Waals surface area contributed by atoms with Gasteiger partial charge in [-0.3, -0.25) is 4.90 Å². The van der Waals surface area contributed by atoms with Crippen LogP contribution in [0.1, 0.15) is 67.7 Å². The predicted octanol–water partition coefficient (Wildman–Crippen LogP) is 5.55. The van der Waals surface area contributed by atoms with Crippen molar-refractivity contribution in [1.29, 1.82) is 0 Å². The summed E-state index contributed by atoms with van der Waals surface area (Å²) < 4.78 is 18.5. The molecule has 1 aliphatic rings. The monoisotopic (exact) mass is 382 g/mol. The van der Waals surface area contributed by atoms with E-state index in [-0.39, 0.29) is 17.5 Å². The third kappa shape index (κ3) is 8.46. The van der Waals surface area contributed by atoms with E-state index >= 15 is 0 Å². The number of rotatable bonds is 7. The molecule has 0 atom stereocenters. The van der Waals surface area contributed by atoms with Gasteiger partial charge in [0.1, 0.15) is 11.4 Å². The third-order valence-corrected chi connectivity index (χ3v) is 5.10. The Morgan fingerprint density at radius 3 is 2.26 bits per heavy atom. The highest BCUT2D eigenvalue weighted by molar-refractivity contribution is 5.68. The zero-order valence-corrected chi connectivity index (χ0v) is 18.4. The number of piperidine rings is 1. The summed E-state index contributed by atoms with van der Waals surface area (Å²) in [7, 11) is 0. The molecule has 1 rings (SSSR count). The van der Waals surface area contributed by atoms with Crippen molar-refractivity contribution in [3.63, 3.8) is 0 Å². The number of hydrogen-bond donors (Lipinski definition) is 0. The lowest BCUT2D eigenvalue weighted by Gasteiger charge is -2.44. The van der Waals surface area contributed by atoms with Crippen LogP contribution in [-0.2, 0) is 4.74 Å². The number of nitrogens with zero attached hydrogens (tertiary/aromatic N) is 2. The molecule has 0 aromatic heterocycles. The van der Waals surface area contributed by atoms with Crippen molar-refractivity contribution in [1.82, 2.24) is 9.80 Å². The summed E-state index contributed by atoms with van der Waals surface area (Å²) in [6, 6.07) is 0. The molecule has 1 amide bonds. The molecule has 0 aromatic carbocycles. The molecule has 5 heteroatoms. The van der Waals surface area contributed by atoms with Crippen LogP contribution < -0.4 is 0 Å². The standard InChI is InChI=1S/C22H39FN2O2/c1-9-24(20(26)27-21(4,5)6)16-19-10-12-25(13-11-19)22(7,8)15-17(2)14-18(3)23/h14,19H,3,9-13,15-16H2,1-2,4-8H3/b17-14+. The SMILES string of the molecule is C=C(F)/C=C(\C)CC(C)(C)N1CCC(CN(CC)C(=O)OC(C)(C)C)CC1. The molecule has 27 heavy (non-hydrogen) atoms. The average Bonchev–Trinajstić information content (AvgIpc) is 2.49. The Balaban J connectivity index is 2.57. The van der Waals surface area contributed by atoms with Crippen molar-refractivity contribution in [3.05, 3.63) is 24.1 Å². The molecule has 0 spiro atoms. The summed E-state index contributed by atoms with van der Waals surface area (Å²) in [5, 5.41) is 0. The first-order valence-electron chi connectivity index (χ1n) is 10.1. The Morgan fingerprint density at radius 2 is 1.81 bits per heavy atom. The molecule has 0 unspecified atom stereocenters. The highest BCUT2D eigenvalue weighted by Gasteiger charge is 2.32. The molecule has 0 aromatic rings. The van der Waals surface area contributed by atoms with Crippen LogP contribution in [0.2, 0.25) is 0 Å². The Labute approximate surface area is 165 Å². The molecule has 0 radical (unpaired) electrons. The molecule has 156 valence electrons. The summed E-state index contributed by atoms with van der Waals surface area (Å²) >= 11 is 0. The van der Waals surface area contributed by atoms with Gasteiger partial charge in [-0.15, -0.1) is 0 Å². The van der Waals surface area contributed by atoms with E-state index in [0.29, 0.717) is 12.5 Å². The Morgan fingerprint density at radius 1 is 1.26 bits per heavy atom. The first kappa shape index (κ1) is 23.7. The van der Waals surface area contributed by atoms with Crippen LogP contribution in [-0.4, -0.2) is 53.2 Å². The van der Waals surface area contributed by atoms with E-state index in [1.165, 1.54) is 6.08 Å². The van der Waals surface area contributed by atoms with Gasteiger partial charge in [0.05, 0.1) is 0 Å². The van der Waals surface area contributed by atoms with Crippen molar-refractivity contribution in [2.75, 3.05) is 26.2 Å².